The normalized spacial score (nSPS) is 19.4. The lowest BCUT2D eigenvalue weighted by atomic mass is 9.94. The largest absolute Gasteiger partial charge is 0.341 e. The highest BCUT2D eigenvalue weighted by Crippen LogP contribution is 2.22. The van der Waals surface area contributed by atoms with E-state index >= 15 is 0 Å². The molecule has 1 fully saturated rings. The first-order chi connectivity index (χ1) is 7.66. The molecule has 0 heterocycles. The topological polar surface area (TPSA) is 46.3 Å². The summed E-state index contributed by atoms with van der Waals surface area (Å²) in [5.41, 5.74) is 5.92. The number of nitrogens with zero attached hydrogens (tertiary/aromatic N) is 1. The quantitative estimate of drug-likeness (QED) is 0.782. The zero-order valence-corrected chi connectivity index (χ0v) is 10.7. The maximum Gasteiger partial charge on any atom is 0.239 e. The zero-order valence-electron chi connectivity index (χ0n) is 10.7. The van der Waals surface area contributed by atoms with Crippen molar-refractivity contribution in [2.24, 2.45) is 5.73 Å². The molecule has 1 atom stereocenters. The van der Waals surface area contributed by atoms with Gasteiger partial charge in [-0.2, -0.15) is 0 Å². The fourth-order valence-corrected chi connectivity index (χ4v) is 2.46. The highest BCUT2D eigenvalue weighted by atomic mass is 16.2. The van der Waals surface area contributed by atoms with Crippen LogP contribution >= 0.6 is 0 Å². The molecule has 0 unspecified atom stereocenters. The van der Waals surface area contributed by atoms with Gasteiger partial charge in [-0.05, 0) is 19.3 Å². The van der Waals surface area contributed by atoms with E-state index in [1.807, 2.05) is 11.9 Å². The SMILES string of the molecule is CCCC[C@H](N)C(=O)N(C)C1CCCCC1. The Bertz CT molecular complexity index is 212. The predicted octanol–water partition coefficient (Wildman–Crippen LogP) is 2.29. The Balaban J connectivity index is 2.38. The zero-order chi connectivity index (χ0) is 12.0. The van der Waals surface area contributed by atoms with Crippen LogP contribution in [0.2, 0.25) is 0 Å². The smallest absolute Gasteiger partial charge is 0.239 e. The van der Waals surface area contributed by atoms with E-state index in [1.54, 1.807) is 0 Å². The Labute approximate surface area is 99.4 Å². The van der Waals surface area contributed by atoms with Crippen LogP contribution in [0, 0.1) is 0 Å². The Morgan fingerprint density at radius 2 is 2.00 bits per heavy atom. The van der Waals surface area contributed by atoms with E-state index in [1.165, 1.54) is 19.3 Å². The molecular weight excluding hydrogens is 200 g/mol. The van der Waals surface area contributed by atoms with Crippen molar-refractivity contribution in [3.05, 3.63) is 0 Å². The summed E-state index contributed by atoms with van der Waals surface area (Å²) < 4.78 is 0. The van der Waals surface area contributed by atoms with E-state index < -0.39 is 0 Å². The lowest BCUT2D eigenvalue weighted by molar-refractivity contribution is -0.134. The minimum absolute atomic E-state index is 0.139. The molecule has 0 radical (unpaired) electrons. The van der Waals surface area contributed by atoms with Crippen LogP contribution in [0.1, 0.15) is 58.3 Å². The molecule has 3 nitrogen and oxygen atoms in total. The fraction of sp³-hybridized carbons (Fsp3) is 0.923. The second-order valence-electron chi connectivity index (χ2n) is 4.99. The molecule has 0 aromatic carbocycles. The first-order valence-corrected chi connectivity index (χ1v) is 6.69. The minimum atomic E-state index is -0.285. The molecule has 0 bridgehead atoms. The summed E-state index contributed by atoms with van der Waals surface area (Å²) >= 11 is 0. The van der Waals surface area contributed by atoms with Crippen LogP contribution in [0.15, 0.2) is 0 Å². The van der Waals surface area contributed by atoms with Gasteiger partial charge in [0.1, 0.15) is 0 Å². The minimum Gasteiger partial charge on any atom is -0.341 e. The molecule has 3 heteroatoms. The molecule has 0 aliphatic heterocycles. The molecule has 1 saturated carbocycles. The van der Waals surface area contributed by atoms with Crippen molar-refractivity contribution in [1.29, 1.82) is 0 Å². The number of hydrogen-bond donors (Lipinski definition) is 1. The van der Waals surface area contributed by atoms with Gasteiger partial charge in [-0.25, -0.2) is 0 Å². The van der Waals surface area contributed by atoms with Crippen molar-refractivity contribution >= 4 is 5.91 Å². The molecule has 0 aromatic rings. The highest BCUT2D eigenvalue weighted by Gasteiger charge is 2.25. The van der Waals surface area contributed by atoms with Gasteiger partial charge in [0, 0.05) is 13.1 Å². The van der Waals surface area contributed by atoms with Crippen molar-refractivity contribution in [2.75, 3.05) is 7.05 Å². The molecule has 16 heavy (non-hydrogen) atoms. The van der Waals surface area contributed by atoms with Crippen molar-refractivity contribution < 1.29 is 4.79 Å². The van der Waals surface area contributed by atoms with Crippen LogP contribution in [0.5, 0.6) is 0 Å². The predicted molar refractivity (Wildman–Crippen MR) is 67.1 cm³/mol. The Morgan fingerprint density at radius 1 is 1.38 bits per heavy atom. The number of hydrogen-bond acceptors (Lipinski definition) is 2. The van der Waals surface area contributed by atoms with Gasteiger partial charge >= 0.3 is 0 Å². The fourth-order valence-electron chi connectivity index (χ4n) is 2.46. The second kappa shape index (κ2) is 6.89. The summed E-state index contributed by atoms with van der Waals surface area (Å²) in [5.74, 6) is 0.139. The summed E-state index contributed by atoms with van der Waals surface area (Å²) in [7, 11) is 1.92. The van der Waals surface area contributed by atoms with Gasteiger partial charge in [0.25, 0.3) is 0 Å². The van der Waals surface area contributed by atoms with Gasteiger partial charge < -0.3 is 10.6 Å². The number of unbranched alkanes of at least 4 members (excludes halogenated alkanes) is 1. The third-order valence-corrected chi connectivity index (χ3v) is 3.66. The summed E-state index contributed by atoms with van der Waals surface area (Å²) in [6, 6.07) is 0.154. The summed E-state index contributed by atoms with van der Waals surface area (Å²) in [5, 5.41) is 0. The van der Waals surface area contributed by atoms with Crippen molar-refractivity contribution in [3.63, 3.8) is 0 Å². The third kappa shape index (κ3) is 3.78. The highest BCUT2D eigenvalue weighted by molar-refractivity contribution is 5.81. The molecular formula is C13H26N2O. The first kappa shape index (κ1) is 13.5. The van der Waals surface area contributed by atoms with Crippen LogP contribution in [0.3, 0.4) is 0 Å². The van der Waals surface area contributed by atoms with Gasteiger partial charge in [-0.3, -0.25) is 4.79 Å². The molecule has 2 N–H and O–H groups in total. The number of likely N-dealkylation sites (N-methyl/N-ethyl adjacent to an activating group) is 1. The van der Waals surface area contributed by atoms with Crippen LogP contribution in [0.25, 0.3) is 0 Å². The summed E-state index contributed by atoms with van der Waals surface area (Å²) in [6.45, 7) is 2.13. The van der Waals surface area contributed by atoms with Crippen LogP contribution < -0.4 is 5.73 Å². The van der Waals surface area contributed by atoms with Crippen molar-refractivity contribution in [3.8, 4) is 0 Å². The maximum absolute atomic E-state index is 12.0. The average Bonchev–Trinajstić information content (AvgIpc) is 2.35. The van der Waals surface area contributed by atoms with Crippen molar-refractivity contribution in [2.45, 2.75) is 70.4 Å². The molecule has 1 rings (SSSR count). The van der Waals surface area contributed by atoms with Gasteiger partial charge in [0.05, 0.1) is 6.04 Å². The van der Waals surface area contributed by atoms with Crippen LogP contribution in [-0.4, -0.2) is 29.9 Å². The number of carbonyl (C=O) groups excluding carboxylic acids is 1. The van der Waals surface area contributed by atoms with E-state index in [0.717, 1.165) is 32.1 Å². The van der Waals surface area contributed by atoms with Gasteiger partial charge in [0.2, 0.25) is 5.91 Å². The molecule has 0 aromatic heterocycles. The lowest BCUT2D eigenvalue weighted by Crippen LogP contribution is -2.47. The van der Waals surface area contributed by atoms with Crippen LogP contribution in [0.4, 0.5) is 0 Å². The van der Waals surface area contributed by atoms with Crippen LogP contribution in [-0.2, 0) is 4.79 Å². The van der Waals surface area contributed by atoms with E-state index in [9.17, 15) is 4.79 Å². The summed E-state index contributed by atoms with van der Waals surface area (Å²) in [6.07, 6.45) is 9.12. The summed E-state index contributed by atoms with van der Waals surface area (Å²) in [4.78, 5) is 14.0. The van der Waals surface area contributed by atoms with Gasteiger partial charge in [-0.1, -0.05) is 39.0 Å². The van der Waals surface area contributed by atoms with E-state index in [2.05, 4.69) is 6.92 Å². The van der Waals surface area contributed by atoms with Gasteiger partial charge in [0.15, 0.2) is 0 Å². The molecule has 1 amide bonds. The number of carbonyl (C=O) groups is 1. The number of nitrogens with two attached hydrogens (primary N) is 1. The molecule has 1 aliphatic rings. The number of amides is 1. The Kier molecular flexibility index (Phi) is 5.81. The molecule has 0 spiro atoms. The van der Waals surface area contributed by atoms with Gasteiger partial charge in [-0.15, -0.1) is 0 Å². The Morgan fingerprint density at radius 3 is 2.56 bits per heavy atom. The number of rotatable bonds is 5. The second-order valence-corrected chi connectivity index (χ2v) is 4.99. The first-order valence-electron chi connectivity index (χ1n) is 6.69. The van der Waals surface area contributed by atoms with Crippen molar-refractivity contribution in [1.82, 2.24) is 4.90 Å². The standard InChI is InChI=1S/C13H26N2O/c1-3-4-10-12(14)13(16)15(2)11-8-6-5-7-9-11/h11-12H,3-10,14H2,1-2H3/t12-/m0/s1. The molecule has 0 saturated heterocycles. The maximum atomic E-state index is 12.0. The van der Waals surface area contributed by atoms with E-state index in [-0.39, 0.29) is 11.9 Å². The van der Waals surface area contributed by atoms with E-state index in [4.69, 9.17) is 5.73 Å². The molecule has 1 aliphatic carbocycles. The Hall–Kier alpha value is -0.570. The monoisotopic (exact) mass is 226 g/mol. The molecule has 94 valence electrons. The van der Waals surface area contributed by atoms with E-state index in [0.29, 0.717) is 6.04 Å². The average molecular weight is 226 g/mol. The lowest BCUT2D eigenvalue weighted by Gasteiger charge is -2.32. The third-order valence-electron chi connectivity index (χ3n) is 3.66.